The molecule has 0 radical (unpaired) electrons. The van der Waals surface area contributed by atoms with Crippen molar-refractivity contribution in [1.82, 2.24) is 4.90 Å². The Kier molecular flexibility index (Phi) is 10.2. The SMILES string of the molecule is OC[C@H]1CC(O)[C@@H](O)CN1CCCCCOCC1CCC(C2CCCCC2)CC1. The molecule has 0 aromatic heterocycles. The third-order valence-corrected chi connectivity index (χ3v) is 7.90. The van der Waals surface area contributed by atoms with Crippen LogP contribution in [0.25, 0.3) is 0 Å². The monoisotopic (exact) mass is 411 g/mol. The van der Waals surface area contributed by atoms with E-state index in [-0.39, 0.29) is 12.6 Å². The smallest absolute Gasteiger partial charge is 0.0926 e. The summed E-state index contributed by atoms with van der Waals surface area (Å²) >= 11 is 0. The topological polar surface area (TPSA) is 73.2 Å². The van der Waals surface area contributed by atoms with Gasteiger partial charge < -0.3 is 20.1 Å². The van der Waals surface area contributed by atoms with Gasteiger partial charge >= 0.3 is 0 Å². The van der Waals surface area contributed by atoms with Gasteiger partial charge in [0.25, 0.3) is 0 Å². The van der Waals surface area contributed by atoms with Crippen LogP contribution in [0, 0.1) is 17.8 Å². The van der Waals surface area contributed by atoms with E-state index in [1.807, 2.05) is 0 Å². The number of β-amino-alcohol motifs (C(OH)–C–C–N with tert-alkyl or cyclic N) is 1. The molecule has 1 aliphatic heterocycles. The third-order valence-electron chi connectivity index (χ3n) is 7.90. The van der Waals surface area contributed by atoms with Gasteiger partial charge in [-0.05, 0) is 75.7 Å². The predicted octanol–water partition coefficient (Wildman–Crippen LogP) is 3.35. The zero-order valence-corrected chi connectivity index (χ0v) is 18.4. The van der Waals surface area contributed by atoms with Crippen molar-refractivity contribution in [2.45, 2.75) is 102 Å². The Morgan fingerprint density at radius 2 is 1.52 bits per heavy atom. The molecule has 3 N–H and O–H groups in total. The van der Waals surface area contributed by atoms with Crippen molar-refractivity contribution in [3.8, 4) is 0 Å². The van der Waals surface area contributed by atoms with Gasteiger partial charge in [0.2, 0.25) is 0 Å². The highest BCUT2D eigenvalue weighted by Gasteiger charge is 2.32. The molecule has 1 heterocycles. The summed E-state index contributed by atoms with van der Waals surface area (Å²) in [6.45, 7) is 3.19. The Labute approximate surface area is 177 Å². The quantitative estimate of drug-likeness (QED) is 0.481. The van der Waals surface area contributed by atoms with Crippen LogP contribution in [0.15, 0.2) is 0 Å². The number of piperidine rings is 1. The molecule has 3 aliphatic rings. The lowest BCUT2D eigenvalue weighted by atomic mass is 9.71. The molecule has 2 saturated carbocycles. The van der Waals surface area contributed by atoms with Crippen molar-refractivity contribution >= 4 is 0 Å². The number of ether oxygens (including phenoxy) is 1. The van der Waals surface area contributed by atoms with E-state index in [1.165, 1.54) is 57.8 Å². The molecule has 0 bridgehead atoms. The fourth-order valence-electron chi connectivity index (χ4n) is 5.94. The molecule has 3 atom stereocenters. The van der Waals surface area contributed by atoms with E-state index in [0.29, 0.717) is 13.0 Å². The van der Waals surface area contributed by atoms with Crippen molar-refractivity contribution in [3.05, 3.63) is 0 Å². The fraction of sp³-hybridized carbons (Fsp3) is 1.00. The van der Waals surface area contributed by atoms with Gasteiger partial charge in [0.15, 0.2) is 0 Å². The summed E-state index contributed by atoms with van der Waals surface area (Å²) in [6, 6.07) is -0.0200. The van der Waals surface area contributed by atoms with Crippen molar-refractivity contribution in [2.24, 2.45) is 17.8 Å². The van der Waals surface area contributed by atoms with Gasteiger partial charge in [-0.3, -0.25) is 4.90 Å². The van der Waals surface area contributed by atoms with Crippen LogP contribution in [0.1, 0.15) is 83.5 Å². The number of rotatable bonds is 10. The highest BCUT2D eigenvalue weighted by molar-refractivity contribution is 4.86. The highest BCUT2D eigenvalue weighted by atomic mass is 16.5. The van der Waals surface area contributed by atoms with E-state index >= 15 is 0 Å². The number of hydrogen-bond donors (Lipinski definition) is 3. The highest BCUT2D eigenvalue weighted by Crippen LogP contribution is 2.39. The minimum Gasteiger partial charge on any atom is -0.395 e. The molecule has 2 aliphatic carbocycles. The molecule has 3 rings (SSSR count). The van der Waals surface area contributed by atoms with E-state index < -0.39 is 12.2 Å². The van der Waals surface area contributed by atoms with Crippen LogP contribution < -0.4 is 0 Å². The molecule has 1 saturated heterocycles. The molecule has 0 aromatic rings. The lowest BCUT2D eigenvalue weighted by Crippen LogP contribution is -2.53. The minimum atomic E-state index is -0.700. The maximum Gasteiger partial charge on any atom is 0.0926 e. The van der Waals surface area contributed by atoms with Crippen LogP contribution in [0.4, 0.5) is 0 Å². The van der Waals surface area contributed by atoms with Crippen LogP contribution in [0.2, 0.25) is 0 Å². The third kappa shape index (κ3) is 7.46. The standard InChI is InChI=1S/C24H45NO4/c26-17-22-15-23(27)24(28)16-25(22)13-5-2-6-14-29-18-19-9-11-21(12-10-19)20-7-3-1-4-8-20/h19-24,26-28H,1-18H2/t19?,21?,22-,23?,24+/m1/s1. The Bertz CT molecular complexity index is 435. The van der Waals surface area contributed by atoms with E-state index in [9.17, 15) is 15.3 Å². The molecular formula is C24H45NO4. The lowest BCUT2D eigenvalue weighted by Gasteiger charge is -2.39. The van der Waals surface area contributed by atoms with Crippen molar-refractivity contribution in [3.63, 3.8) is 0 Å². The normalized spacial score (nSPS) is 35.1. The van der Waals surface area contributed by atoms with Crippen LogP contribution >= 0.6 is 0 Å². The number of hydrogen-bond acceptors (Lipinski definition) is 5. The van der Waals surface area contributed by atoms with Crippen molar-refractivity contribution in [1.29, 1.82) is 0 Å². The average molecular weight is 412 g/mol. The fourth-order valence-corrected chi connectivity index (χ4v) is 5.94. The summed E-state index contributed by atoms with van der Waals surface area (Å²) in [5.74, 6) is 2.81. The Balaban J connectivity index is 1.19. The van der Waals surface area contributed by atoms with Gasteiger partial charge in [0.1, 0.15) is 0 Å². The Morgan fingerprint density at radius 1 is 0.793 bits per heavy atom. The molecule has 0 aromatic carbocycles. The minimum absolute atomic E-state index is 0.0200. The Hall–Kier alpha value is -0.200. The number of aliphatic hydroxyl groups is 3. The maximum atomic E-state index is 9.85. The van der Waals surface area contributed by atoms with Gasteiger partial charge in [-0.25, -0.2) is 0 Å². The summed E-state index contributed by atoms with van der Waals surface area (Å²) in [6.07, 6.45) is 15.3. The van der Waals surface area contributed by atoms with Gasteiger partial charge in [0.05, 0.1) is 18.8 Å². The molecular weight excluding hydrogens is 366 g/mol. The summed E-state index contributed by atoms with van der Waals surface area (Å²) in [7, 11) is 0. The Morgan fingerprint density at radius 3 is 2.24 bits per heavy atom. The van der Waals surface area contributed by atoms with Gasteiger partial charge in [0, 0.05) is 25.8 Å². The average Bonchev–Trinajstić information content (AvgIpc) is 2.76. The number of unbranched alkanes of at least 4 members (excludes halogenated alkanes) is 2. The maximum absolute atomic E-state index is 9.85. The number of aliphatic hydroxyl groups excluding tert-OH is 3. The van der Waals surface area contributed by atoms with Gasteiger partial charge in [-0.15, -0.1) is 0 Å². The largest absolute Gasteiger partial charge is 0.395 e. The molecule has 3 fully saturated rings. The molecule has 170 valence electrons. The first-order valence-corrected chi connectivity index (χ1v) is 12.5. The van der Waals surface area contributed by atoms with E-state index in [2.05, 4.69) is 4.90 Å². The van der Waals surface area contributed by atoms with Gasteiger partial charge in [-0.1, -0.05) is 32.1 Å². The lowest BCUT2D eigenvalue weighted by molar-refractivity contribution is -0.0711. The molecule has 0 spiro atoms. The summed E-state index contributed by atoms with van der Waals surface area (Å²) < 4.78 is 5.99. The molecule has 1 unspecified atom stereocenters. The van der Waals surface area contributed by atoms with Gasteiger partial charge in [-0.2, -0.15) is 0 Å². The number of nitrogens with zero attached hydrogens (tertiary/aromatic N) is 1. The second-order valence-corrected chi connectivity index (χ2v) is 10.0. The van der Waals surface area contributed by atoms with Crippen LogP contribution in [0.3, 0.4) is 0 Å². The summed E-state index contributed by atoms with van der Waals surface area (Å²) in [5.41, 5.74) is 0. The zero-order chi connectivity index (χ0) is 20.5. The van der Waals surface area contributed by atoms with E-state index in [0.717, 1.165) is 56.8 Å². The van der Waals surface area contributed by atoms with Crippen LogP contribution in [0.5, 0.6) is 0 Å². The second kappa shape index (κ2) is 12.6. The van der Waals surface area contributed by atoms with Crippen LogP contribution in [-0.4, -0.2) is 71.4 Å². The van der Waals surface area contributed by atoms with E-state index in [4.69, 9.17) is 4.74 Å². The second-order valence-electron chi connectivity index (χ2n) is 10.0. The first-order chi connectivity index (χ1) is 14.2. The molecule has 29 heavy (non-hydrogen) atoms. The van der Waals surface area contributed by atoms with Crippen LogP contribution in [-0.2, 0) is 4.74 Å². The molecule has 5 heteroatoms. The first kappa shape index (κ1) is 23.5. The summed E-state index contributed by atoms with van der Waals surface area (Å²) in [5, 5.41) is 29.1. The van der Waals surface area contributed by atoms with Crippen molar-refractivity contribution < 1.29 is 20.1 Å². The van der Waals surface area contributed by atoms with E-state index in [1.54, 1.807) is 0 Å². The predicted molar refractivity (Wildman–Crippen MR) is 116 cm³/mol. The number of likely N-dealkylation sites (tertiary alicyclic amines) is 1. The van der Waals surface area contributed by atoms with Crippen molar-refractivity contribution in [2.75, 3.05) is 32.9 Å². The zero-order valence-electron chi connectivity index (χ0n) is 18.4. The molecule has 0 amide bonds. The first-order valence-electron chi connectivity index (χ1n) is 12.5. The molecule has 5 nitrogen and oxygen atoms in total. The summed E-state index contributed by atoms with van der Waals surface area (Å²) in [4.78, 5) is 2.13.